The monoisotopic (exact) mass is 319 g/mol. The topological polar surface area (TPSA) is 29.5 Å². The average Bonchev–Trinajstić information content (AvgIpc) is 3.52. The van der Waals surface area contributed by atoms with Crippen molar-refractivity contribution in [2.75, 3.05) is 6.61 Å². The zero-order chi connectivity index (χ0) is 16.1. The normalized spacial score (nSPS) is 26.7. The van der Waals surface area contributed by atoms with E-state index in [0.717, 1.165) is 6.42 Å². The summed E-state index contributed by atoms with van der Waals surface area (Å²) in [6.07, 6.45) is 3.59. The third-order valence-corrected chi connectivity index (χ3v) is 6.02. The van der Waals surface area contributed by atoms with Crippen molar-refractivity contribution in [1.82, 2.24) is 4.90 Å². The Morgan fingerprint density at radius 1 is 0.958 bits per heavy atom. The molecule has 1 amide bonds. The van der Waals surface area contributed by atoms with Crippen molar-refractivity contribution in [3.63, 3.8) is 0 Å². The lowest BCUT2D eigenvalue weighted by molar-refractivity contribution is 0.153. The van der Waals surface area contributed by atoms with Crippen molar-refractivity contribution in [2.24, 2.45) is 5.41 Å². The number of amides is 1. The molecule has 1 aliphatic heterocycles. The second-order valence-corrected chi connectivity index (χ2v) is 7.43. The van der Waals surface area contributed by atoms with Gasteiger partial charge in [-0.15, -0.1) is 0 Å². The average molecular weight is 319 g/mol. The van der Waals surface area contributed by atoms with Crippen LogP contribution in [0, 0.1) is 5.41 Å². The van der Waals surface area contributed by atoms with Gasteiger partial charge in [-0.2, -0.15) is 0 Å². The molecule has 3 aliphatic rings. The van der Waals surface area contributed by atoms with Crippen LogP contribution >= 0.6 is 0 Å². The van der Waals surface area contributed by atoms with Gasteiger partial charge in [-0.3, -0.25) is 4.90 Å². The van der Waals surface area contributed by atoms with Gasteiger partial charge in [0.1, 0.15) is 6.61 Å². The van der Waals surface area contributed by atoms with E-state index < -0.39 is 0 Å². The van der Waals surface area contributed by atoms with Crippen LogP contribution in [0.15, 0.2) is 60.7 Å². The lowest BCUT2D eigenvalue weighted by Crippen LogP contribution is -2.41. The van der Waals surface area contributed by atoms with Gasteiger partial charge in [0, 0.05) is 12.0 Å². The molecular weight excluding hydrogens is 298 g/mol. The summed E-state index contributed by atoms with van der Waals surface area (Å²) in [6, 6.07) is 21.5. The van der Waals surface area contributed by atoms with E-state index in [0.29, 0.717) is 18.1 Å². The van der Waals surface area contributed by atoms with E-state index in [1.807, 2.05) is 12.1 Å². The first-order valence-corrected chi connectivity index (χ1v) is 8.83. The lowest BCUT2D eigenvalue weighted by Gasteiger charge is -2.30. The van der Waals surface area contributed by atoms with Crippen LogP contribution in [0.25, 0.3) is 0 Å². The second kappa shape index (κ2) is 5.10. The molecule has 0 aromatic heterocycles. The van der Waals surface area contributed by atoms with Gasteiger partial charge >= 0.3 is 6.09 Å². The molecule has 1 heterocycles. The molecule has 1 saturated heterocycles. The van der Waals surface area contributed by atoms with Crippen LogP contribution in [-0.2, 0) is 4.74 Å². The molecule has 24 heavy (non-hydrogen) atoms. The highest BCUT2D eigenvalue weighted by molar-refractivity contribution is 5.72. The first-order chi connectivity index (χ1) is 11.8. The Bertz CT molecular complexity index is 714. The zero-order valence-corrected chi connectivity index (χ0v) is 13.6. The number of cyclic esters (lactones) is 1. The molecule has 0 radical (unpaired) electrons. The molecular formula is C21H21NO2. The van der Waals surface area contributed by atoms with Gasteiger partial charge in [0.05, 0.1) is 6.04 Å². The Morgan fingerprint density at radius 3 is 2.04 bits per heavy atom. The van der Waals surface area contributed by atoms with Gasteiger partial charge < -0.3 is 4.74 Å². The summed E-state index contributed by atoms with van der Waals surface area (Å²) in [5.74, 6) is 0.162. The molecule has 2 atom stereocenters. The summed E-state index contributed by atoms with van der Waals surface area (Å²) >= 11 is 0. The molecule has 3 fully saturated rings. The van der Waals surface area contributed by atoms with Crippen LogP contribution in [-0.4, -0.2) is 29.7 Å². The first-order valence-electron chi connectivity index (χ1n) is 8.83. The molecule has 5 rings (SSSR count). The SMILES string of the molecule is O=C1OC[C@@H](C(c2ccccc2)c2ccccc2)N1[C@H]1CC12CC2. The molecule has 0 N–H and O–H groups in total. The third kappa shape index (κ3) is 2.15. The van der Waals surface area contributed by atoms with E-state index in [9.17, 15) is 4.79 Å². The van der Waals surface area contributed by atoms with E-state index in [1.54, 1.807) is 0 Å². The van der Waals surface area contributed by atoms with Crippen LogP contribution in [0.3, 0.4) is 0 Å². The fourth-order valence-corrected chi connectivity index (χ4v) is 4.44. The summed E-state index contributed by atoms with van der Waals surface area (Å²) in [7, 11) is 0. The van der Waals surface area contributed by atoms with Gasteiger partial charge in [0.25, 0.3) is 0 Å². The fourth-order valence-electron chi connectivity index (χ4n) is 4.44. The van der Waals surface area contributed by atoms with E-state index in [1.165, 1.54) is 24.0 Å². The molecule has 3 nitrogen and oxygen atoms in total. The van der Waals surface area contributed by atoms with Crippen LogP contribution < -0.4 is 0 Å². The highest BCUT2D eigenvalue weighted by Crippen LogP contribution is 2.69. The summed E-state index contributed by atoms with van der Waals surface area (Å²) < 4.78 is 5.51. The summed E-state index contributed by atoms with van der Waals surface area (Å²) in [5, 5.41) is 0. The van der Waals surface area contributed by atoms with Gasteiger partial charge in [-0.05, 0) is 35.8 Å². The largest absolute Gasteiger partial charge is 0.447 e. The minimum absolute atomic E-state index is 0.0901. The highest BCUT2D eigenvalue weighted by Gasteiger charge is 2.68. The Labute approximate surface area is 142 Å². The molecule has 1 spiro atoms. The number of ether oxygens (including phenoxy) is 1. The number of carbonyl (C=O) groups is 1. The Kier molecular flexibility index (Phi) is 2.99. The number of nitrogens with zero attached hydrogens (tertiary/aromatic N) is 1. The molecule has 2 aliphatic carbocycles. The second-order valence-electron chi connectivity index (χ2n) is 7.43. The predicted octanol–water partition coefficient (Wildman–Crippen LogP) is 4.19. The molecule has 3 heteroatoms. The van der Waals surface area contributed by atoms with Crippen molar-refractivity contribution >= 4 is 6.09 Å². The maximum atomic E-state index is 12.5. The molecule has 2 aromatic rings. The summed E-state index contributed by atoms with van der Waals surface area (Å²) in [4.78, 5) is 14.5. The Morgan fingerprint density at radius 2 is 1.54 bits per heavy atom. The van der Waals surface area contributed by atoms with E-state index >= 15 is 0 Å². The molecule has 122 valence electrons. The Balaban J connectivity index is 1.55. The molecule has 2 saturated carbocycles. The lowest BCUT2D eigenvalue weighted by atomic mass is 9.85. The minimum atomic E-state index is -0.120. The zero-order valence-electron chi connectivity index (χ0n) is 13.6. The third-order valence-electron chi connectivity index (χ3n) is 6.02. The van der Waals surface area contributed by atoms with Crippen LogP contribution in [0.4, 0.5) is 4.79 Å². The quantitative estimate of drug-likeness (QED) is 0.845. The van der Waals surface area contributed by atoms with Crippen LogP contribution in [0.5, 0.6) is 0 Å². The maximum absolute atomic E-state index is 12.5. The van der Waals surface area contributed by atoms with Crippen LogP contribution in [0.1, 0.15) is 36.3 Å². The van der Waals surface area contributed by atoms with Crippen LogP contribution in [0.2, 0.25) is 0 Å². The molecule has 2 aromatic carbocycles. The van der Waals surface area contributed by atoms with Crippen molar-refractivity contribution in [3.05, 3.63) is 71.8 Å². The van der Waals surface area contributed by atoms with Gasteiger partial charge in [-0.25, -0.2) is 4.79 Å². The number of carbonyl (C=O) groups excluding carboxylic acids is 1. The van der Waals surface area contributed by atoms with Gasteiger partial charge in [0.15, 0.2) is 0 Å². The first kappa shape index (κ1) is 14.1. The number of hydrogen-bond donors (Lipinski definition) is 0. The van der Waals surface area contributed by atoms with E-state index in [-0.39, 0.29) is 18.1 Å². The van der Waals surface area contributed by atoms with E-state index in [2.05, 4.69) is 53.4 Å². The highest BCUT2D eigenvalue weighted by atomic mass is 16.6. The smallest absolute Gasteiger partial charge is 0.410 e. The summed E-state index contributed by atoms with van der Waals surface area (Å²) in [5.41, 5.74) is 2.95. The van der Waals surface area contributed by atoms with Gasteiger partial charge in [0.2, 0.25) is 0 Å². The maximum Gasteiger partial charge on any atom is 0.410 e. The van der Waals surface area contributed by atoms with Gasteiger partial charge in [-0.1, -0.05) is 60.7 Å². The van der Waals surface area contributed by atoms with Crippen molar-refractivity contribution in [3.8, 4) is 0 Å². The number of hydrogen-bond acceptors (Lipinski definition) is 2. The van der Waals surface area contributed by atoms with Crippen molar-refractivity contribution < 1.29 is 9.53 Å². The standard InChI is InChI=1S/C21H21NO2/c23-20-22(18-13-21(18)11-12-21)17(14-24-20)19(15-7-3-1-4-8-15)16-9-5-2-6-10-16/h1-10,17-19H,11-14H2/t17-,18-/m0/s1. The number of rotatable bonds is 4. The minimum Gasteiger partial charge on any atom is -0.447 e. The van der Waals surface area contributed by atoms with E-state index in [4.69, 9.17) is 4.74 Å². The number of benzene rings is 2. The Hall–Kier alpha value is -2.29. The summed E-state index contributed by atoms with van der Waals surface area (Å²) in [6.45, 7) is 0.486. The fraction of sp³-hybridized carbons (Fsp3) is 0.381. The molecule has 0 unspecified atom stereocenters. The predicted molar refractivity (Wildman–Crippen MR) is 91.8 cm³/mol. The van der Waals surface area contributed by atoms with Crippen molar-refractivity contribution in [2.45, 2.75) is 37.3 Å². The van der Waals surface area contributed by atoms with Crippen molar-refractivity contribution in [1.29, 1.82) is 0 Å². The molecule has 0 bridgehead atoms.